The van der Waals surface area contributed by atoms with E-state index in [2.05, 4.69) is 15.1 Å². The lowest BCUT2D eigenvalue weighted by Crippen LogP contribution is -2.44. The first kappa shape index (κ1) is 27.7. The predicted molar refractivity (Wildman–Crippen MR) is 163 cm³/mol. The normalized spacial score (nSPS) is 18.0. The van der Waals surface area contributed by atoms with Crippen molar-refractivity contribution in [2.24, 2.45) is 5.92 Å². The maximum Gasteiger partial charge on any atom is 0.263 e. The lowest BCUT2D eigenvalue weighted by atomic mass is 9.94. The van der Waals surface area contributed by atoms with Crippen LogP contribution in [0.1, 0.15) is 57.8 Å². The monoisotopic (exact) mass is 591 g/mol. The number of imide groups is 1. The van der Waals surface area contributed by atoms with Gasteiger partial charge in [0.15, 0.2) is 11.5 Å². The number of H-pyrrole nitrogens is 1. The van der Waals surface area contributed by atoms with Gasteiger partial charge in [0.1, 0.15) is 0 Å². The topological polar surface area (TPSA) is 108 Å². The summed E-state index contributed by atoms with van der Waals surface area (Å²) in [4.78, 5) is 46.0. The van der Waals surface area contributed by atoms with Gasteiger partial charge in [-0.05, 0) is 55.7 Å². The molecule has 1 aromatic heterocycles. The van der Waals surface area contributed by atoms with Gasteiger partial charge in [-0.15, -0.1) is 0 Å². The van der Waals surface area contributed by atoms with Crippen molar-refractivity contribution in [2.75, 3.05) is 31.8 Å². The highest BCUT2D eigenvalue weighted by Gasteiger charge is 2.40. The lowest BCUT2D eigenvalue weighted by molar-refractivity contribution is -0.136. The van der Waals surface area contributed by atoms with Crippen LogP contribution < -0.4 is 14.4 Å². The van der Waals surface area contributed by atoms with Crippen molar-refractivity contribution in [1.82, 2.24) is 20.0 Å². The average molecular weight is 592 g/mol. The van der Waals surface area contributed by atoms with Crippen LogP contribution in [0.5, 0.6) is 11.5 Å². The molecule has 1 N–H and O–H groups in total. The fraction of sp³-hybridized carbons (Fsp3) is 0.294. The van der Waals surface area contributed by atoms with E-state index in [-0.39, 0.29) is 43.0 Å². The van der Waals surface area contributed by atoms with Gasteiger partial charge in [0.2, 0.25) is 12.7 Å². The minimum Gasteiger partial charge on any atom is -0.454 e. The van der Waals surface area contributed by atoms with Crippen LogP contribution in [0.4, 0.5) is 5.69 Å². The number of nitrogens with one attached hydrogen (secondary N) is 1. The summed E-state index contributed by atoms with van der Waals surface area (Å²) in [6.45, 7) is 3.44. The molecule has 3 amide bonds. The first-order valence-corrected chi connectivity index (χ1v) is 14.9. The van der Waals surface area contributed by atoms with Crippen molar-refractivity contribution in [3.63, 3.8) is 0 Å². The van der Waals surface area contributed by atoms with Crippen LogP contribution >= 0.6 is 0 Å². The van der Waals surface area contributed by atoms with E-state index in [0.717, 1.165) is 35.4 Å². The number of anilines is 1. The molecule has 0 radical (unpaired) electrons. The third kappa shape index (κ3) is 4.86. The number of rotatable bonds is 7. The summed E-state index contributed by atoms with van der Waals surface area (Å²) in [5, 5.41) is 7.57. The fourth-order valence-electron chi connectivity index (χ4n) is 6.34. The van der Waals surface area contributed by atoms with E-state index in [1.54, 1.807) is 23.1 Å². The Morgan fingerprint density at radius 3 is 2.68 bits per heavy atom. The van der Waals surface area contributed by atoms with Gasteiger partial charge < -0.3 is 19.3 Å². The predicted octanol–water partition coefficient (Wildman–Crippen LogP) is 5.04. The third-order valence-corrected chi connectivity index (χ3v) is 8.91. The maximum absolute atomic E-state index is 13.8. The first-order chi connectivity index (χ1) is 21.4. The van der Waals surface area contributed by atoms with Crippen LogP contribution in [0, 0.1) is 5.92 Å². The molecule has 0 bridgehead atoms. The molecule has 0 aliphatic carbocycles. The number of amides is 3. The second-order valence-electron chi connectivity index (χ2n) is 11.6. The minimum absolute atomic E-state index is 0.0393. The molecular formula is C34H33N5O5. The Kier molecular flexibility index (Phi) is 7.04. The molecule has 44 heavy (non-hydrogen) atoms. The number of hydrogen-bond acceptors (Lipinski definition) is 7. The van der Waals surface area contributed by atoms with Gasteiger partial charge in [-0.25, -0.2) is 0 Å². The number of piperidine rings is 1. The van der Waals surface area contributed by atoms with E-state index in [9.17, 15) is 14.4 Å². The zero-order valence-corrected chi connectivity index (χ0v) is 24.7. The summed E-state index contributed by atoms with van der Waals surface area (Å²) in [6.07, 6.45) is 1.55. The Labute approximate surface area is 255 Å². The summed E-state index contributed by atoms with van der Waals surface area (Å²) in [7, 11) is 1.82. The molecule has 10 nitrogen and oxygen atoms in total. The number of hydrogen-bond donors (Lipinski definition) is 1. The van der Waals surface area contributed by atoms with Gasteiger partial charge in [0.25, 0.3) is 11.8 Å². The molecule has 4 heterocycles. The molecule has 3 aromatic carbocycles. The summed E-state index contributed by atoms with van der Waals surface area (Å²) < 4.78 is 10.9. The summed E-state index contributed by atoms with van der Waals surface area (Å²) in [5.41, 5.74) is 4.97. The van der Waals surface area contributed by atoms with Crippen LogP contribution in [-0.2, 0) is 11.3 Å². The first-order valence-electron chi connectivity index (χ1n) is 14.9. The number of carbonyl (C=O) groups excluding carboxylic acids is 3. The smallest absolute Gasteiger partial charge is 0.263 e. The quantitative estimate of drug-likeness (QED) is 0.300. The lowest BCUT2D eigenvalue weighted by Gasteiger charge is -2.37. The SMILES string of the molecule is C[C@H](c1cc(-c2ccccc2)n[nH]1)N(C)C(=O)[C@H]1CCCN(c2cccc3c2C(=O)N(Cc2ccc4c(c2)OCO4)C3=O)C1. The molecule has 224 valence electrons. The van der Waals surface area contributed by atoms with E-state index in [4.69, 9.17) is 9.47 Å². The third-order valence-electron chi connectivity index (χ3n) is 8.91. The van der Waals surface area contributed by atoms with E-state index < -0.39 is 0 Å². The van der Waals surface area contributed by atoms with Crippen molar-refractivity contribution >= 4 is 23.4 Å². The Morgan fingerprint density at radius 1 is 1.02 bits per heavy atom. The number of aromatic amines is 1. The van der Waals surface area contributed by atoms with Crippen molar-refractivity contribution in [3.05, 3.63) is 95.2 Å². The number of benzene rings is 3. The molecule has 3 aliphatic rings. The fourth-order valence-corrected chi connectivity index (χ4v) is 6.34. The Balaban J connectivity index is 1.06. The van der Waals surface area contributed by atoms with E-state index >= 15 is 0 Å². The van der Waals surface area contributed by atoms with Gasteiger partial charge >= 0.3 is 0 Å². The maximum atomic E-state index is 13.8. The highest BCUT2D eigenvalue weighted by Crippen LogP contribution is 2.37. The van der Waals surface area contributed by atoms with Crippen molar-refractivity contribution in [2.45, 2.75) is 32.4 Å². The molecule has 0 spiro atoms. The van der Waals surface area contributed by atoms with Crippen molar-refractivity contribution < 1.29 is 23.9 Å². The summed E-state index contributed by atoms with van der Waals surface area (Å²) in [5.74, 6) is 0.391. The Bertz CT molecular complexity index is 1750. The van der Waals surface area contributed by atoms with Crippen LogP contribution in [0.3, 0.4) is 0 Å². The van der Waals surface area contributed by atoms with Crippen molar-refractivity contribution in [1.29, 1.82) is 0 Å². The van der Waals surface area contributed by atoms with Gasteiger partial charge in [0, 0.05) is 25.7 Å². The minimum atomic E-state index is -0.328. The van der Waals surface area contributed by atoms with Crippen LogP contribution in [0.2, 0.25) is 0 Å². The van der Waals surface area contributed by atoms with E-state index in [1.807, 2.05) is 68.6 Å². The second-order valence-corrected chi connectivity index (χ2v) is 11.6. The number of aromatic nitrogens is 2. The van der Waals surface area contributed by atoms with Crippen LogP contribution in [-0.4, -0.2) is 64.6 Å². The molecule has 10 heteroatoms. The molecule has 0 saturated carbocycles. The molecule has 1 saturated heterocycles. The highest BCUT2D eigenvalue weighted by molar-refractivity contribution is 6.23. The Morgan fingerprint density at radius 2 is 1.84 bits per heavy atom. The number of nitrogens with zero attached hydrogens (tertiary/aromatic N) is 4. The zero-order valence-electron chi connectivity index (χ0n) is 24.7. The van der Waals surface area contributed by atoms with Gasteiger partial charge in [-0.3, -0.25) is 24.4 Å². The number of carbonyl (C=O) groups is 3. The molecule has 2 atom stereocenters. The molecular weight excluding hydrogens is 558 g/mol. The van der Waals surface area contributed by atoms with Gasteiger partial charge in [-0.1, -0.05) is 42.5 Å². The molecule has 4 aromatic rings. The molecule has 7 rings (SSSR count). The average Bonchev–Trinajstić information content (AvgIpc) is 3.80. The summed E-state index contributed by atoms with van der Waals surface area (Å²) in [6, 6.07) is 22.5. The molecule has 1 fully saturated rings. The number of fused-ring (bicyclic) bond motifs is 2. The van der Waals surface area contributed by atoms with E-state index in [0.29, 0.717) is 41.4 Å². The van der Waals surface area contributed by atoms with Crippen LogP contribution in [0.25, 0.3) is 11.3 Å². The number of ether oxygens (including phenoxy) is 2. The van der Waals surface area contributed by atoms with Gasteiger partial charge in [-0.2, -0.15) is 5.10 Å². The van der Waals surface area contributed by atoms with Gasteiger partial charge in [0.05, 0.1) is 46.7 Å². The highest BCUT2D eigenvalue weighted by atomic mass is 16.7. The Hall–Kier alpha value is -5.12. The molecule has 0 unspecified atom stereocenters. The zero-order chi connectivity index (χ0) is 30.4. The van der Waals surface area contributed by atoms with Crippen molar-refractivity contribution in [3.8, 4) is 22.8 Å². The summed E-state index contributed by atoms with van der Waals surface area (Å²) >= 11 is 0. The largest absolute Gasteiger partial charge is 0.454 e. The second kappa shape index (κ2) is 11.2. The standard InChI is InChI=1S/C34H33N5O5/c1-21(26-17-27(36-35-26)23-8-4-3-5-9-23)37(2)32(40)24-10-7-15-38(19-24)28-12-6-11-25-31(28)34(42)39(33(25)41)18-22-13-14-29-30(16-22)44-20-43-29/h3-6,8-9,11-14,16-17,21,24H,7,10,15,18-20H2,1-2H3,(H,35,36)/t21-,24+/m1/s1. The van der Waals surface area contributed by atoms with Crippen LogP contribution in [0.15, 0.2) is 72.8 Å². The van der Waals surface area contributed by atoms with E-state index in [1.165, 1.54) is 4.90 Å². The molecule has 3 aliphatic heterocycles.